The van der Waals surface area contributed by atoms with E-state index in [1.807, 2.05) is 18.3 Å². The molecule has 2 aromatic rings. The average Bonchev–Trinajstić information content (AvgIpc) is 3.04. The first-order valence-electron chi connectivity index (χ1n) is 6.43. The Morgan fingerprint density at radius 3 is 3.11 bits per heavy atom. The summed E-state index contributed by atoms with van der Waals surface area (Å²) in [5.74, 6) is 1.04. The highest BCUT2D eigenvalue weighted by Gasteiger charge is 2.12. The van der Waals surface area contributed by atoms with E-state index in [1.54, 1.807) is 0 Å². The molecule has 2 N–H and O–H groups in total. The van der Waals surface area contributed by atoms with Crippen LogP contribution in [0.15, 0.2) is 36.5 Å². The zero-order chi connectivity index (χ0) is 13.2. The van der Waals surface area contributed by atoms with Gasteiger partial charge in [-0.25, -0.2) is 0 Å². The van der Waals surface area contributed by atoms with Crippen molar-refractivity contribution in [3.05, 3.63) is 53.3 Å². The molecule has 1 aromatic heterocycles. The Morgan fingerprint density at radius 2 is 2.26 bits per heavy atom. The SMILES string of the molecule is NC(=S)c1cccn1CCc1ccc2c(c1)CCO2. The fourth-order valence-electron chi connectivity index (χ4n) is 2.48. The van der Waals surface area contributed by atoms with Crippen LogP contribution in [0, 0.1) is 0 Å². The van der Waals surface area contributed by atoms with E-state index in [0.717, 1.165) is 37.4 Å². The van der Waals surface area contributed by atoms with Gasteiger partial charge in [0.1, 0.15) is 10.7 Å². The van der Waals surface area contributed by atoms with E-state index >= 15 is 0 Å². The van der Waals surface area contributed by atoms with Crippen LogP contribution >= 0.6 is 12.2 Å². The van der Waals surface area contributed by atoms with Crippen LogP contribution < -0.4 is 10.5 Å². The number of thiocarbonyl (C=S) groups is 1. The number of aryl methyl sites for hydroxylation is 2. The number of fused-ring (bicyclic) bond motifs is 1. The average molecular weight is 272 g/mol. The molecule has 1 aromatic carbocycles. The van der Waals surface area contributed by atoms with E-state index in [2.05, 4.69) is 22.8 Å². The normalized spacial score (nSPS) is 13.1. The topological polar surface area (TPSA) is 40.2 Å². The Kier molecular flexibility index (Phi) is 3.25. The highest BCUT2D eigenvalue weighted by atomic mass is 32.1. The van der Waals surface area contributed by atoms with Crippen molar-refractivity contribution in [1.29, 1.82) is 0 Å². The third-order valence-corrected chi connectivity index (χ3v) is 3.69. The van der Waals surface area contributed by atoms with Crippen LogP contribution in [0.1, 0.15) is 16.8 Å². The van der Waals surface area contributed by atoms with Crippen molar-refractivity contribution >= 4 is 17.2 Å². The Bertz CT molecular complexity index is 618. The van der Waals surface area contributed by atoms with Gasteiger partial charge < -0.3 is 15.0 Å². The Labute approximate surface area is 118 Å². The largest absolute Gasteiger partial charge is 0.493 e. The van der Waals surface area contributed by atoms with Crippen molar-refractivity contribution in [2.45, 2.75) is 19.4 Å². The summed E-state index contributed by atoms with van der Waals surface area (Å²) in [6, 6.07) is 10.4. The zero-order valence-corrected chi connectivity index (χ0v) is 11.5. The van der Waals surface area contributed by atoms with Crippen molar-refractivity contribution in [1.82, 2.24) is 4.57 Å². The highest BCUT2D eigenvalue weighted by molar-refractivity contribution is 7.80. The number of hydrogen-bond acceptors (Lipinski definition) is 2. The summed E-state index contributed by atoms with van der Waals surface area (Å²) in [7, 11) is 0. The molecule has 0 unspecified atom stereocenters. The van der Waals surface area contributed by atoms with E-state index in [1.165, 1.54) is 11.1 Å². The van der Waals surface area contributed by atoms with Crippen molar-refractivity contribution in [3.63, 3.8) is 0 Å². The summed E-state index contributed by atoms with van der Waals surface area (Å²) >= 11 is 5.04. The van der Waals surface area contributed by atoms with Crippen LogP contribution in [0.5, 0.6) is 5.75 Å². The predicted molar refractivity (Wildman–Crippen MR) is 79.7 cm³/mol. The van der Waals surface area contributed by atoms with Crippen LogP contribution in [-0.2, 0) is 19.4 Å². The number of aromatic nitrogens is 1. The molecule has 19 heavy (non-hydrogen) atoms. The van der Waals surface area contributed by atoms with Crippen LogP contribution in [0.4, 0.5) is 0 Å². The lowest BCUT2D eigenvalue weighted by atomic mass is 10.1. The van der Waals surface area contributed by atoms with Gasteiger partial charge in [-0.2, -0.15) is 0 Å². The van der Waals surface area contributed by atoms with Crippen LogP contribution in [0.2, 0.25) is 0 Å². The second-order valence-corrected chi connectivity index (χ2v) is 5.18. The molecule has 3 rings (SSSR count). The van der Waals surface area contributed by atoms with Gasteiger partial charge in [0.25, 0.3) is 0 Å². The minimum Gasteiger partial charge on any atom is -0.493 e. The molecule has 0 saturated heterocycles. The molecule has 4 heteroatoms. The summed E-state index contributed by atoms with van der Waals surface area (Å²) in [4.78, 5) is 0.451. The molecular formula is C15H16N2OS. The lowest BCUT2D eigenvalue weighted by molar-refractivity contribution is 0.357. The van der Waals surface area contributed by atoms with E-state index in [-0.39, 0.29) is 0 Å². The predicted octanol–water partition coefficient (Wildman–Crippen LogP) is 2.30. The zero-order valence-electron chi connectivity index (χ0n) is 10.6. The lowest BCUT2D eigenvalue weighted by Gasteiger charge is -2.09. The quantitative estimate of drug-likeness (QED) is 0.868. The number of nitrogens with two attached hydrogens (primary N) is 1. The summed E-state index contributed by atoms with van der Waals surface area (Å²) < 4.78 is 7.62. The first-order valence-corrected chi connectivity index (χ1v) is 6.84. The van der Waals surface area contributed by atoms with Gasteiger partial charge in [0.15, 0.2) is 0 Å². The molecule has 0 radical (unpaired) electrons. The molecule has 0 saturated carbocycles. The van der Waals surface area contributed by atoms with Gasteiger partial charge in [-0.3, -0.25) is 0 Å². The molecule has 0 bridgehead atoms. The standard InChI is InChI=1S/C15H16N2OS/c16-15(19)13-2-1-7-17(13)8-5-11-3-4-14-12(10-11)6-9-18-14/h1-4,7,10H,5-6,8-9H2,(H2,16,19). The fraction of sp³-hybridized carbons (Fsp3) is 0.267. The first-order chi connectivity index (χ1) is 9.24. The summed E-state index contributed by atoms with van der Waals surface area (Å²) in [6.45, 7) is 1.70. The van der Waals surface area contributed by atoms with E-state index < -0.39 is 0 Å². The first kappa shape index (κ1) is 12.2. The van der Waals surface area contributed by atoms with E-state index in [9.17, 15) is 0 Å². The van der Waals surface area contributed by atoms with Crippen LogP contribution in [0.25, 0.3) is 0 Å². The molecule has 98 valence electrons. The van der Waals surface area contributed by atoms with E-state index in [4.69, 9.17) is 22.7 Å². The number of benzene rings is 1. The van der Waals surface area contributed by atoms with Crippen LogP contribution in [0.3, 0.4) is 0 Å². The van der Waals surface area contributed by atoms with Crippen molar-refractivity contribution in [2.75, 3.05) is 6.61 Å². The minimum atomic E-state index is 0.451. The van der Waals surface area contributed by atoms with Gasteiger partial charge in [-0.1, -0.05) is 24.4 Å². The lowest BCUT2D eigenvalue weighted by Crippen LogP contribution is -2.16. The third kappa shape index (κ3) is 2.49. The molecule has 2 heterocycles. The fourth-order valence-corrected chi connectivity index (χ4v) is 2.66. The number of rotatable bonds is 4. The molecule has 0 fully saturated rings. The van der Waals surface area contributed by atoms with Gasteiger partial charge in [-0.15, -0.1) is 0 Å². The van der Waals surface area contributed by atoms with Crippen molar-refractivity contribution in [3.8, 4) is 5.75 Å². The maximum Gasteiger partial charge on any atom is 0.122 e. The second kappa shape index (κ2) is 5.05. The Morgan fingerprint density at radius 1 is 1.37 bits per heavy atom. The van der Waals surface area contributed by atoms with Crippen LogP contribution in [-0.4, -0.2) is 16.2 Å². The number of ether oxygens (including phenoxy) is 1. The summed E-state index contributed by atoms with van der Waals surface area (Å²) in [5, 5.41) is 0. The van der Waals surface area contributed by atoms with Gasteiger partial charge >= 0.3 is 0 Å². The van der Waals surface area contributed by atoms with Gasteiger partial charge in [0, 0.05) is 19.2 Å². The van der Waals surface area contributed by atoms with Gasteiger partial charge in [0.2, 0.25) is 0 Å². The van der Waals surface area contributed by atoms with Gasteiger partial charge in [-0.05, 0) is 35.7 Å². The molecule has 0 amide bonds. The van der Waals surface area contributed by atoms with Gasteiger partial charge in [0.05, 0.1) is 12.3 Å². The molecule has 0 spiro atoms. The molecular weight excluding hydrogens is 256 g/mol. The Hall–Kier alpha value is -1.81. The highest BCUT2D eigenvalue weighted by Crippen LogP contribution is 2.26. The molecule has 1 aliphatic rings. The van der Waals surface area contributed by atoms with Crippen molar-refractivity contribution < 1.29 is 4.74 Å². The van der Waals surface area contributed by atoms with Crippen molar-refractivity contribution in [2.24, 2.45) is 5.73 Å². The molecule has 1 aliphatic heterocycles. The monoisotopic (exact) mass is 272 g/mol. The molecule has 0 aliphatic carbocycles. The smallest absolute Gasteiger partial charge is 0.122 e. The number of hydrogen-bond donors (Lipinski definition) is 1. The minimum absolute atomic E-state index is 0.451. The maximum atomic E-state index is 5.70. The molecule has 0 atom stereocenters. The maximum absolute atomic E-state index is 5.70. The Balaban J connectivity index is 1.72. The summed E-state index contributed by atoms with van der Waals surface area (Å²) in [6.07, 6.45) is 4.01. The second-order valence-electron chi connectivity index (χ2n) is 4.74. The molecule has 3 nitrogen and oxygen atoms in total. The summed E-state index contributed by atoms with van der Waals surface area (Å²) in [5.41, 5.74) is 9.27. The van der Waals surface area contributed by atoms with E-state index in [0.29, 0.717) is 4.99 Å². The number of nitrogens with zero attached hydrogens (tertiary/aromatic N) is 1. The third-order valence-electron chi connectivity index (χ3n) is 3.48.